The van der Waals surface area contributed by atoms with E-state index in [2.05, 4.69) is 11.9 Å². The molecule has 1 aromatic carbocycles. The third kappa shape index (κ3) is 3.86. The second kappa shape index (κ2) is 6.43. The van der Waals surface area contributed by atoms with Crippen molar-refractivity contribution in [3.8, 4) is 5.75 Å². The minimum absolute atomic E-state index is 0.0260. The van der Waals surface area contributed by atoms with E-state index in [1.54, 1.807) is 18.2 Å². The summed E-state index contributed by atoms with van der Waals surface area (Å²) in [5, 5.41) is 2.79. The van der Waals surface area contributed by atoms with Crippen molar-refractivity contribution in [2.24, 2.45) is 0 Å². The Kier molecular flexibility index (Phi) is 4.63. The average Bonchev–Trinajstić information content (AvgIpc) is 2.39. The molecule has 0 aliphatic carbocycles. The topological polar surface area (TPSA) is 55.4 Å². The number of hydrogen-bond donors (Lipinski definition) is 1. The molecule has 0 radical (unpaired) electrons. The number of rotatable bonds is 5. The number of anilines is 1. The fourth-order valence-electron chi connectivity index (χ4n) is 1.81. The maximum Gasteiger partial charge on any atom is 0.321 e. The van der Waals surface area contributed by atoms with Gasteiger partial charge in [0.15, 0.2) is 0 Å². The number of amides is 1. The molecule has 19 heavy (non-hydrogen) atoms. The molecule has 0 saturated heterocycles. The summed E-state index contributed by atoms with van der Waals surface area (Å²) in [7, 11) is 0. The van der Waals surface area contributed by atoms with Gasteiger partial charge in [0.1, 0.15) is 5.75 Å². The number of hydrogen-bond acceptors (Lipinski definition) is 4. The molecule has 1 amide bonds. The van der Waals surface area contributed by atoms with Crippen LogP contribution in [0.5, 0.6) is 5.75 Å². The van der Waals surface area contributed by atoms with Crippen molar-refractivity contribution in [2.45, 2.75) is 12.8 Å². The lowest BCUT2D eigenvalue weighted by molar-refractivity contribution is -0.131. The molecule has 1 aliphatic rings. The molecule has 0 spiro atoms. The molecule has 100 valence electrons. The standard InChI is InChI=1S/C14H15NO3S/c1-2-7-19-9-14(17)18-11-4-5-12-10(8-11)3-6-13(16)15-12/h2,4-5,8H,1,3,6-7,9H2,(H,15,16). The summed E-state index contributed by atoms with van der Waals surface area (Å²) in [6, 6.07) is 5.28. The maximum atomic E-state index is 11.6. The van der Waals surface area contributed by atoms with E-state index in [0.29, 0.717) is 24.3 Å². The molecule has 1 heterocycles. The molecule has 0 fully saturated rings. The van der Waals surface area contributed by atoms with Gasteiger partial charge in [0.05, 0.1) is 5.75 Å². The summed E-state index contributed by atoms with van der Waals surface area (Å²) in [6.45, 7) is 3.59. The fraction of sp³-hybridized carbons (Fsp3) is 0.286. The summed E-state index contributed by atoms with van der Waals surface area (Å²) in [4.78, 5) is 22.8. The van der Waals surface area contributed by atoms with Gasteiger partial charge in [0.2, 0.25) is 5.91 Å². The van der Waals surface area contributed by atoms with E-state index in [1.807, 2.05) is 6.07 Å². The number of aryl methyl sites for hydroxylation is 1. The van der Waals surface area contributed by atoms with Gasteiger partial charge in [-0.2, -0.15) is 0 Å². The van der Waals surface area contributed by atoms with Crippen LogP contribution < -0.4 is 10.1 Å². The normalized spacial score (nSPS) is 13.4. The second-order valence-electron chi connectivity index (χ2n) is 4.15. The van der Waals surface area contributed by atoms with Gasteiger partial charge < -0.3 is 10.1 Å². The molecule has 1 aromatic rings. The highest BCUT2D eigenvalue weighted by atomic mass is 32.2. The highest BCUT2D eigenvalue weighted by Crippen LogP contribution is 2.26. The Morgan fingerprint density at radius 3 is 3.11 bits per heavy atom. The van der Waals surface area contributed by atoms with Crippen molar-refractivity contribution >= 4 is 29.3 Å². The highest BCUT2D eigenvalue weighted by molar-refractivity contribution is 8.00. The van der Waals surface area contributed by atoms with Crippen LogP contribution in [0.4, 0.5) is 5.69 Å². The summed E-state index contributed by atoms with van der Waals surface area (Å²) in [5.41, 5.74) is 1.81. The third-order valence-electron chi connectivity index (χ3n) is 2.66. The van der Waals surface area contributed by atoms with E-state index in [0.717, 1.165) is 17.0 Å². The van der Waals surface area contributed by atoms with Gasteiger partial charge >= 0.3 is 5.97 Å². The molecular formula is C14H15NO3S. The van der Waals surface area contributed by atoms with Gasteiger partial charge in [-0.15, -0.1) is 18.3 Å². The van der Waals surface area contributed by atoms with Crippen LogP contribution in [0.15, 0.2) is 30.9 Å². The summed E-state index contributed by atoms with van der Waals surface area (Å²) < 4.78 is 5.25. The van der Waals surface area contributed by atoms with Crippen LogP contribution in [-0.4, -0.2) is 23.4 Å². The van der Waals surface area contributed by atoms with E-state index in [4.69, 9.17) is 4.74 Å². The van der Waals surface area contributed by atoms with Crippen molar-refractivity contribution in [1.29, 1.82) is 0 Å². The Bertz CT molecular complexity index is 513. The van der Waals surface area contributed by atoms with Gasteiger partial charge in [-0.3, -0.25) is 9.59 Å². The lowest BCUT2D eigenvalue weighted by atomic mass is 10.0. The number of ether oxygens (including phenoxy) is 1. The molecular weight excluding hydrogens is 262 g/mol. The average molecular weight is 277 g/mol. The number of nitrogens with one attached hydrogen (secondary N) is 1. The molecule has 0 bridgehead atoms. The molecule has 2 rings (SSSR count). The van der Waals surface area contributed by atoms with Crippen molar-refractivity contribution in [1.82, 2.24) is 0 Å². The first kappa shape index (κ1) is 13.7. The summed E-state index contributed by atoms with van der Waals surface area (Å²) in [5.74, 6) is 1.31. The summed E-state index contributed by atoms with van der Waals surface area (Å²) in [6.07, 6.45) is 2.90. The third-order valence-corrected chi connectivity index (χ3v) is 3.57. The quantitative estimate of drug-likeness (QED) is 0.388. The van der Waals surface area contributed by atoms with Crippen molar-refractivity contribution in [2.75, 3.05) is 16.8 Å². The maximum absolute atomic E-state index is 11.6. The minimum atomic E-state index is -0.272. The molecule has 1 aliphatic heterocycles. The molecule has 0 atom stereocenters. The van der Waals surface area contributed by atoms with Crippen molar-refractivity contribution in [3.63, 3.8) is 0 Å². The molecule has 0 saturated carbocycles. The van der Waals surface area contributed by atoms with Gasteiger partial charge in [-0.1, -0.05) is 6.08 Å². The van der Waals surface area contributed by atoms with Gasteiger partial charge in [0.25, 0.3) is 0 Å². The minimum Gasteiger partial charge on any atom is -0.426 e. The van der Waals surface area contributed by atoms with Crippen molar-refractivity contribution in [3.05, 3.63) is 36.4 Å². The summed E-state index contributed by atoms with van der Waals surface area (Å²) >= 11 is 1.46. The number of thioether (sulfide) groups is 1. The van der Waals surface area contributed by atoms with Crippen LogP contribution in [0.2, 0.25) is 0 Å². The number of benzene rings is 1. The Labute approximate surface area is 116 Å². The second-order valence-corrected chi connectivity index (χ2v) is 5.18. The van der Waals surface area contributed by atoms with E-state index >= 15 is 0 Å². The Hall–Kier alpha value is -1.75. The largest absolute Gasteiger partial charge is 0.426 e. The zero-order valence-electron chi connectivity index (χ0n) is 10.5. The van der Waals surface area contributed by atoms with E-state index in [9.17, 15) is 9.59 Å². The van der Waals surface area contributed by atoms with Crippen LogP contribution in [0.3, 0.4) is 0 Å². The van der Waals surface area contributed by atoms with Gasteiger partial charge in [-0.25, -0.2) is 0 Å². The number of fused-ring (bicyclic) bond motifs is 1. The predicted molar refractivity (Wildman–Crippen MR) is 76.5 cm³/mol. The van der Waals surface area contributed by atoms with E-state index in [-0.39, 0.29) is 11.9 Å². The smallest absolute Gasteiger partial charge is 0.321 e. The van der Waals surface area contributed by atoms with E-state index in [1.165, 1.54) is 11.8 Å². The first-order valence-electron chi connectivity index (χ1n) is 6.01. The van der Waals surface area contributed by atoms with Crippen LogP contribution in [0.25, 0.3) is 0 Å². The zero-order valence-corrected chi connectivity index (χ0v) is 11.3. The first-order valence-corrected chi connectivity index (χ1v) is 7.16. The number of carbonyl (C=O) groups is 2. The lowest BCUT2D eigenvalue weighted by Gasteiger charge is -2.17. The predicted octanol–water partition coefficient (Wildman–Crippen LogP) is 2.40. The molecule has 0 unspecified atom stereocenters. The molecule has 0 aromatic heterocycles. The van der Waals surface area contributed by atoms with E-state index < -0.39 is 0 Å². The SMILES string of the molecule is C=CCSCC(=O)Oc1ccc2c(c1)CCC(=O)N2. The molecule has 1 N–H and O–H groups in total. The van der Waals surface area contributed by atoms with Crippen LogP contribution >= 0.6 is 11.8 Å². The number of esters is 1. The van der Waals surface area contributed by atoms with Crippen molar-refractivity contribution < 1.29 is 14.3 Å². The Balaban J connectivity index is 1.96. The van der Waals surface area contributed by atoms with Gasteiger partial charge in [-0.05, 0) is 30.2 Å². The monoisotopic (exact) mass is 277 g/mol. The first-order chi connectivity index (χ1) is 9.19. The van der Waals surface area contributed by atoms with Crippen LogP contribution in [0, 0.1) is 0 Å². The molecule has 4 nitrogen and oxygen atoms in total. The van der Waals surface area contributed by atoms with Gasteiger partial charge in [0, 0.05) is 17.9 Å². The molecule has 5 heteroatoms. The van der Waals surface area contributed by atoms with Crippen LogP contribution in [0.1, 0.15) is 12.0 Å². The number of carbonyl (C=O) groups excluding carboxylic acids is 2. The Morgan fingerprint density at radius 2 is 2.32 bits per heavy atom. The zero-order chi connectivity index (χ0) is 13.7. The Morgan fingerprint density at radius 1 is 1.47 bits per heavy atom. The highest BCUT2D eigenvalue weighted by Gasteiger charge is 2.15. The fourth-order valence-corrected chi connectivity index (χ4v) is 2.32. The lowest BCUT2D eigenvalue weighted by Crippen LogP contribution is -2.19. The van der Waals surface area contributed by atoms with Crippen LogP contribution in [-0.2, 0) is 16.0 Å².